The standard InChI is InChI=1S/C20H24FN3O2/c21-15-5-6-19-17(14-15)18(4-3-13-26-19)22-20(25)24-11-7-16(8-12-24)23-9-1-2-10-23/h1-2,5-6,9-10,14,16,18H,3-4,7-8,11-13H2,(H,22,25). The highest BCUT2D eigenvalue weighted by atomic mass is 19.1. The molecule has 1 fully saturated rings. The van der Waals surface area contributed by atoms with Crippen molar-refractivity contribution in [2.45, 2.75) is 37.8 Å². The van der Waals surface area contributed by atoms with Crippen LogP contribution in [0.2, 0.25) is 0 Å². The SMILES string of the molecule is O=C(NC1CCCOc2ccc(F)cc21)N1CCC(n2cccc2)CC1. The maximum absolute atomic E-state index is 13.7. The second-order valence-electron chi connectivity index (χ2n) is 7.02. The summed E-state index contributed by atoms with van der Waals surface area (Å²) in [5, 5.41) is 3.10. The lowest BCUT2D eigenvalue weighted by Gasteiger charge is -2.34. The molecule has 2 aliphatic heterocycles. The highest BCUT2D eigenvalue weighted by molar-refractivity contribution is 5.75. The molecule has 2 aliphatic rings. The number of hydrogen-bond acceptors (Lipinski definition) is 2. The number of aromatic nitrogens is 1. The number of nitrogens with one attached hydrogen (secondary N) is 1. The number of amides is 2. The van der Waals surface area contributed by atoms with Gasteiger partial charge >= 0.3 is 6.03 Å². The first kappa shape index (κ1) is 16.9. The van der Waals surface area contributed by atoms with E-state index in [0.717, 1.165) is 44.3 Å². The van der Waals surface area contributed by atoms with Crippen molar-refractivity contribution in [2.75, 3.05) is 19.7 Å². The molecule has 1 saturated heterocycles. The van der Waals surface area contributed by atoms with Crippen LogP contribution in [0.5, 0.6) is 5.75 Å². The minimum absolute atomic E-state index is 0.0712. The Labute approximate surface area is 152 Å². The number of carbonyl (C=O) groups is 1. The summed E-state index contributed by atoms with van der Waals surface area (Å²) in [6, 6.07) is 8.76. The summed E-state index contributed by atoms with van der Waals surface area (Å²) < 4.78 is 21.6. The van der Waals surface area contributed by atoms with Gasteiger partial charge in [-0.3, -0.25) is 0 Å². The van der Waals surface area contributed by atoms with Gasteiger partial charge < -0.3 is 19.5 Å². The molecule has 6 heteroatoms. The largest absolute Gasteiger partial charge is 0.493 e. The van der Waals surface area contributed by atoms with E-state index in [1.54, 1.807) is 6.07 Å². The number of hydrogen-bond donors (Lipinski definition) is 1. The van der Waals surface area contributed by atoms with Crippen molar-refractivity contribution >= 4 is 6.03 Å². The molecule has 3 heterocycles. The van der Waals surface area contributed by atoms with E-state index in [0.29, 0.717) is 18.4 Å². The Balaban J connectivity index is 1.40. The zero-order valence-corrected chi connectivity index (χ0v) is 14.7. The van der Waals surface area contributed by atoms with Gasteiger partial charge in [-0.25, -0.2) is 9.18 Å². The van der Waals surface area contributed by atoms with Crippen molar-refractivity contribution in [1.29, 1.82) is 0 Å². The van der Waals surface area contributed by atoms with Gasteiger partial charge in [0.15, 0.2) is 0 Å². The summed E-state index contributed by atoms with van der Waals surface area (Å²) in [5.74, 6) is 0.363. The summed E-state index contributed by atoms with van der Waals surface area (Å²) in [6.07, 6.45) is 7.63. The number of ether oxygens (including phenoxy) is 1. The van der Waals surface area contributed by atoms with Crippen LogP contribution >= 0.6 is 0 Å². The van der Waals surface area contributed by atoms with Crippen LogP contribution in [0.4, 0.5) is 9.18 Å². The van der Waals surface area contributed by atoms with Gasteiger partial charge in [-0.2, -0.15) is 0 Å². The summed E-state index contributed by atoms with van der Waals surface area (Å²) in [6.45, 7) is 2.05. The number of carbonyl (C=O) groups excluding carboxylic acids is 1. The smallest absolute Gasteiger partial charge is 0.317 e. The molecule has 1 aromatic carbocycles. The topological polar surface area (TPSA) is 46.5 Å². The first-order valence-electron chi connectivity index (χ1n) is 9.31. The zero-order chi connectivity index (χ0) is 17.9. The van der Waals surface area contributed by atoms with E-state index >= 15 is 0 Å². The van der Waals surface area contributed by atoms with Crippen LogP contribution in [0.1, 0.15) is 43.3 Å². The van der Waals surface area contributed by atoms with E-state index in [-0.39, 0.29) is 17.9 Å². The van der Waals surface area contributed by atoms with E-state index in [4.69, 9.17) is 4.74 Å². The van der Waals surface area contributed by atoms with Gasteiger partial charge in [0.25, 0.3) is 0 Å². The van der Waals surface area contributed by atoms with E-state index in [2.05, 4.69) is 22.3 Å². The van der Waals surface area contributed by atoms with E-state index < -0.39 is 0 Å². The van der Waals surface area contributed by atoms with Crippen molar-refractivity contribution in [3.63, 3.8) is 0 Å². The molecule has 2 aromatic rings. The first-order chi connectivity index (χ1) is 12.7. The molecule has 138 valence electrons. The van der Waals surface area contributed by atoms with Crippen LogP contribution in [0.3, 0.4) is 0 Å². The highest BCUT2D eigenvalue weighted by Gasteiger charge is 2.27. The lowest BCUT2D eigenvalue weighted by molar-refractivity contribution is 0.167. The van der Waals surface area contributed by atoms with Gasteiger partial charge in [-0.1, -0.05) is 0 Å². The minimum Gasteiger partial charge on any atom is -0.493 e. The van der Waals surface area contributed by atoms with Gasteiger partial charge in [0.1, 0.15) is 11.6 Å². The van der Waals surface area contributed by atoms with Crippen LogP contribution in [-0.2, 0) is 0 Å². The summed E-state index contributed by atoms with van der Waals surface area (Å²) >= 11 is 0. The van der Waals surface area contributed by atoms with Crippen molar-refractivity contribution < 1.29 is 13.9 Å². The molecular weight excluding hydrogens is 333 g/mol. The number of likely N-dealkylation sites (tertiary alicyclic amines) is 1. The third-order valence-electron chi connectivity index (χ3n) is 5.34. The van der Waals surface area contributed by atoms with E-state index in [9.17, 15) is 9.18 Å². The molecule has 0 spiro atoms. The van der Waals surface area contributed by atoms with Crippen molar-refractivity contribution in [1.82, 2.24) is 14.8 Å². The average molecular weight is 357 g/mol. The molecule has 4 rings (SSSR count). The molecule has 0 aliphatic carbocycles. The second-order valence-corrected chi connectivity index (χ2v) is 7.02. The lowest BCUT2D eigenvalue weighted by atomic mass is 10.0. The van der Waals surface area contributed by atoms with Gasteiger partial charge in [0, 0.05) is 37.1 Å². The Hall–Kier alpha value is -2.50. The number of rotatable bonds is 2. The third-order valence-corrected chi connectivity index (χ3v) is 5.34. The molecular formula is C20H24FN3O2. The lowest BCUT2D eigenvalue weighted by Crippen LogP contribution is -2.45. The number of piperidine rings is 1. The maximum atomic E-state index is 13.7. The number of urea groups is 1. The summed E-state index contributed by atoms with van der Waals surface area (Å²) in [7, 11) is 0. The monoisotopic (exact) mass is 357 g/mol. The summed E-state index contributed by atoms with van der Waals surface area (Å²) in [5.41, 5.74) is 0.734. The number of fused-ring (bicyclic) bond motifs is 1. The summed E-state index contributed by atoms with van der Waals surface area (Å²) in [4.78, 5) is 14.6. The fraction of sp³-hybridized carbons (Fsp3) is 0.450. The van der Waals surface area contributed by atoms with Crippen LogP contribution < -0.4 is 10.1 Å². The molecule has 1 N–H and O–H groups in total. The van der Waals surface area contributed by atoms with Gasteiger partial charge in [-0.15, -0.1) is 0 Å². The number of benzene rings is 1. The zero-order valence-electron chi connectivity index (χ0n) is 14.7. The molecule has 0 bridgehead atoms. The Morgan fingerprint density at radius 1 is 1.15 bits per heavy atom. The molecule has 1 atom stereocenters. The molecule has 26 heavy (non-hydrogen) atoms. The maximum Gasteiger partial charge on any atom is 0.317 e. The Bertz CT molecular complexity index is 754. The molecule has 1 unspecified atom stereocenters. The number of halogens is 1. The minimum atomic E-state index is -0.305. The Morgan fingerprint density at radius 3 is 2.69 bits per heavy atom. The van der Waals surface area contributed by atoms with E-state index in [1.807, 2.05) is 17.0 Å². The van der Waals surface area contributed by atoms with Crippen LogP contribution in [0.25, 0.3) is 0 Å². The molecule has 5 nitrogen and oxygen atoms in total. The molecule has 1 aromatic heterocycles. The first-order valence-corrected chi connectivity index (χ1v) is 9.31. The normalized spacial score (nSPS) is 20.8. The average Bonchev–Trinajstić information content (AvgIpc) is 3.13. The van der Waals surface area contributed by atoms with Crippen LogP contribution in [-0.4, -0.2) is 35.2 Å². The Kier molecular flexibility index (Phi) is 4.82. The second kappa shape index (κ2) is 7.40. The van der Waals surface area contributed by atoms with Crippen molar-refractivity contribution in [3.05, 3.63) is 54.1 Å². The molecule has 0 saturated carbocycles. The fourth-order valence-corrected chi connectivity index (χ4v) is 3.90. The third kappa shape index (κ3) is 3.54. The van der Waals surface area contributed by atoms with E-state index in [1.165, 1.54) is 12.1 Å². The Morgan fingerprint density at radius 2 is 1.92 bits per heavy atom. The predicted octanol–water partition coefficient (Wildman–Crippen LogP) is 3.89. The van der Waals surface area contributed by atoms with Crippen molar-refractivity contribution in [3.8, 4) is 5.75 Å². The van der Waals surface area contributed by atoms with Gasteiger partial charge in [-0.05, 0) is 56.0 Å². The van der Waals surface area contributed by atoms with Gasteiger partial charge in [0.05, 0.1) is 12.6 Å². The quantitative estimate of drug-likeness (QED) is 0.886. The fourth-order valence-electron chi connectivity index (χ4n) is 3.90. The van der Waals surface area contributed by atoms with Crippen LogP contribution in [0, 0.1) is 5.82 Å². The highest BCUT2D eigenvalue weighted by Crippen LogP contribution is 2.32. The van der Waals surface area contributed by atoms with Crippen LogP contribution in [0.15, 0.2) is 42.7 Å². The van der Waals surface area contributed by atoms with Crippen molar-refractivity contribution in [2.24, 2.45) is 0 Å². The molecule has 2 amide bonds. The molecule has 0 radical (unpaired) electrons. The van der Waals surface area contributed by atoms with Gasteiger partial charge in [0.2, 0.25) is 0 Å². The predicted molar refractivity (Wildman–Crippen MR) is 96.7 cm³/mol. The number of nitrogens with zero attached hydrogens (tertiary/aromatic N) is 2.